The molecule has 2 heterocycles. The smallest absolute Gasteiger partial charge is 0.229 e. The normalized spacial score (nSPS) is 25.2. The molecule has 1 amide bonds. The quantitative estimate of drug-likeness (QED) is 0.613. The Bertz CT molecular complexity index is 1230. The Morgan fingerprint density at radius 1 is 1.18 bits per heavy atom. The largest absolute Gasteiger partial charge is 0.326 e. The predicted molar refractivity (Wildman–Crippen MR) is 126 cm³/mol. The summed E-state index contributed by atoms with van der Waals surface area (Å²) in [5.41, 5.74) is 3.25. The highest BCUT2D eigenvalue weighted by atomic mass is 19.1. The topological polar surface area (TPSA) is 69.0 Å². The van der Waals surface area contributed by atoms with Gasteiger partial charge in [0.15, 0.2) is 0 Å². The van der Waals surface area contributed by atoms with Crippen LogP contribution in [0.3, 0.4) is 0 Å². The van der Waals surface area contributed by atoms with Crippen LogP contribution >= 0.6 is 0 Å². The van der Waals surface area contributed by atoms with Gasteiger partial charge in [0.1, 0.15) is 5.82 Å². The third kappa shape index (κ3) is 4.09. The molecule has 1 aliphatic heterocycles. The molecule has 1 saturated heterocycles. The molecule has 0 radical (unpaired) electrons. The van der Waals surface area contributed by atoms with Crippen molar-refractivity contribution in [1.82, 2.24) is 9.88 Å². The van der Waals surface area contributed by atoms with E-state index in [1.54, 1.807) is 36.4 Å². The van der Waals surface area contributed by atoms with Gasteiger partial charge in [0.25, 0.3) is 0 Å². The number of nitrogens with one attached hydrogen (secondary N) is 1. The number of nitriles is 1. The van der Waals surface area contributed by atoms with E-state index in [1.165, 1.54) is 11.6 Å². The van der Waals surface area contributed by atoms with E-state index in [-0.39, 0.29) is 23.1 Å². The molecule has 1 N–H and O–H groups in total. The van der Waals surface area contributed by atoms with Crippen LogP contribution in [0.2, 0.25) is 0 Å². The van der Waals surface area contributed by atoms with Gasteiger partial charge in [-0.3, -0.25) is 9.78 Å². The molecule has 5 rings (SSSR count). The summed E-state index contributed by atoms with van der Waals surface area (Å²) in [6, 6.07) is 15.9. The highest BCUT2D eigenvalue weighted by molar-refractivity contribution is 5.93. The van der Waals surface area contributed by atoms with Gasteiger partial charge in [-0.25, -0.2) is 4.39 Å². The first-order valence-corrected chi connectivity index (χ1v) is 11.5. The number of pyridine rings is 1. The van der Waals surface area contributed by atoms with E-state index in [4.69, 9.17) is 5.26 Å². The van der Waals surface area contributed by atoms with Crippen molar-refractivity contribution >= 4 is 22.5 Å². The number of anilines is 1. The molecule has 2 aromatic carbocycles. The highest BCUT2D eigenvalue weighted by Crippen LogP contribution is 2.51. The first-order valence-electron chi connectivity index (χ1n) is 11.5. The first-order chi connectivity index (χ1) is 16.0. The standard InChI is InChI=1S/C27H27FN4O/c1-32-16-24(26(33)31-21-5-2-18(15-29)3-6-21)27(17-32)11-8-19(9-12-27)22-10-13-30-25-7-4-20(28)14-23(22)25/h2-7,10,13-14,19,24H,8-9,11-12,16-17H2,1H3,(H,31,33). The van der Waals surface area contributed by atoms with Crippen LogP contribution in [0.4, 0.5) is 10.1 Å². The lowest BCUT2D eigenvalue weighted by atomic mass is 9.63. The maximum Gasteiger partial charge on any atom is 0.229 e. The summed E-state index contributed by atoms with van der Waals surface area (Å²) in [6.07, 6.45) is 5.70. The average molecular weight is 443 g/mol. The van der Waals surface area contributed by atoms with Crippen molar-refractivity contribution in [3.8, 4) is 6.07 Å². The van der Waals surface area contributed by atoms with Gasteiger partial charge in [-0.15, -0.1) is 0 Å². The zero-order valence-electron chi connectivity index (χ0n) is 18.7. The molecule has 33 heavy (non-hydrogen) atoms. The molecule has 168 valence electrons. The Morgan fingerprint density at radius 2 is 1.94 bits per heavy atom. The van der Waals surface area contributed by atoms with Crippen LogP contribution in [0.25, 0.3) is 10.9 Å². The monoisotopic (exact) mass is 442 g/mol. The van der Waals surface area contributed by atoms with Crippen molar-refractivity contribution < 1.29 is 9.18 Å². The summed E-state index contributed by atoms with van der Waals surface area (Å²) in [5.74, 6) is 0.0849. The zero-order valence-corrected chi connectivity index (χ0v) is 18.7. The number of aromatic nitrogens is 1. The summed E-state index contributed by atoms with van der Waals surface area (Å²) in [6.45, 7) is 1.66. The second kappa shape index (κ2) is 8.57. The Labute approximate surface area is 193 Å². The van der Waals surface area contributed by atoms with E-state index in [9.17, 15) is 9.18 Å². The number of nitrogens with zero attached hydrogens (tertiary/aromatic N) is 3. The molecule has 1 unspecified atom stereocenters. The van der Waals surface area contributed by atoms with Crippen molar-refractivity contribution in [1.29, 1.82) is 5.26 Å². The number of fused-ring (bicyclic) bond motifs is 1. The molecule has 1 spiro atoms. The third-order valence-corrected chi connectivity index (χ3v) is 7.57. The zero-order chi connectivity index (χ0) is 23.0. The number of rotatable bonds is 3. The van der Waals surface area contributed by atoms with Crippen LogP contribution in [0.5, 0.6) is 0 Å². The minimum absolute atomic E-state index is 0.0456. The predicted octanol–water partition coefficient (Wildman–Crippen LogP) is 5.09. The fourth-order valence-corrected chi connectivity index (χ4v) is 5.94. The van der Waals surface area contributed by atoms with E-state index in [1.807, 2.05) is 12.3 Å². The molecule has 1 aliphatic carbocycles. The molecule has 2 aliphatic rings. The van der Waals surface area contributed by atoms with E-state index in [0.29, 0.717) is 11.5 Å². The van der Waals surface area contributed by atoms with Crippen LogP contribution in [0, 0.1) is 28.5 Å². The number of likely N-dealkylation sites (tertiary alicyclic amines) is 1. The molecule has 1 aromatic heterocycles. The molecule has 0 bridgehead atoms. The van der Waals surface area contributed by atoms with E-state index in [0.717, 1.165) is 55.4 Å². The van der Waals surface area contributed by atoms with Gasteiger partial charge in [0.2, 0.25) is 5.91 Å². The number of hydrogen-bond acceptors (Lipinski definition) is 4. The summed E-state index contributed by atoms with van der Waals surface area (Å²) < 4.78 is 13.9. The number of hydrogen-bond donors (Lipinski definition) is 1. The number of halogens is 1. The van der Waals surface area contributed by atoms with Crippen molar-refractivity contribution in [3.05, 3.63) is 71.7 Å². The molecule has 1 saturated carbocycles. The Hall–Kier alpha value is -3.30. The van der Waals surface area contributed by atoms with Crippen molar-refractivity contribution in [3.63, 3.8) is 0 Å². The number of amides is 1. The van der Waals surface area contributed by atoms with Crippen molar-refractivity contribution in [2.75, 3.05) is 25.5 Å². The summed E-state index contributed by atoms with van der Waals surface area (Å²) >= 11 is 0. The molecular weight excluding hydrogens is 415 g/mol. The van der Waals surface area contributed by atoms with Crippen LogP contribution in [-0.4, -0.2) is 35.9 Å². The van der Waals surface area contributed by atoms with E-state index < -0.39 is 0 Å². The number of carbonyl (C=O) groups excluding carboxylic acids is 1. The van der Waals surface area contributed by atoms with E-state index >= 15 is 0 Å². The highest BCUT2D eigenvalue weighted by Gasteiger charge is 2.50. The second-order valence-electron chi connectivity index (χ2n) is 9.63. The van der Waals surface area contributed by atoms with Crippen molar-refractivity contribution in [2.45, 2.75) is 31.6 Å². The Kier molecular flexibility index (Phi) is 5.59. The summed E-state index contributed by atoms with van der Waals surface area (Å²) in [4.78, 5) is 20.0. The van der Waals surface area contributed by atoms with Gasteiger partial charge < -0.3 is 10.2 Å². The molecule has 5 nitrogen and oxygen atoms in total. The SMILES string of the molecule is CN1CC(C(=O)Nc2ccc(C#N)cc2)C2(CCC(c3ccnc4ccc(F)cc34)CC2)C1. The summed E-state index contributed by atoms with van der Waals surface area (Å²) in [5, 5.41) is 13.0. The lowest BCUT2D eigenvalue weighted by molar-refractivity contribution is -0.123. The number of benzene rings is 2. The van der Waals surface area contributed by atoms with E-state index in [2.05, 4.69) is 28.3 Å². The van der Waals surface area contributed by atoms with Gasteiger partial charge in [-0.05, 0) is 98.2 Å². The van der Waals surface area contributed by atoms with Crippen molar-refractivity contribution in [2.24, 2.45) is 11.3 Å². The van der Waals surface area contributed by atoms with Crippen LogP contribution in [-0.2, 0) is 4.79 Å². The molecule has 3 aromatic rings. The maximum atomic E-state index is 13.9. The average Bonchev–Trinajstić information content (AvgIpc) is 3.15. The maximum absolute atomic E-state index is 13.9. The van der Waals surface area contributed by atoms with Gasteiger partial charge in [-0.1, -0.05) is 0 Å². The molecule has 1 atom stereocenters. The minimum Gasteiger partial charge on any atom is -0.326 e. The molecule has 6 heteroatoms. The Balaban J connectivity index is 1.34. The Morgan fingerprint density at radius 3 is 2.67 bits per heavy atom. The van der Waals surface area contributed by atoms with Crippen LogP contribution in [0.15, 0.2) is 54.7 Å². The van der Waals surface area contributed by atoms with Gasteiger partial charge in [0, 0.05) is 30.4 Å². The van der Waals surface area contributed by atoms with Crippen LogP contribution in [0.1, 0.15) is 42.7 Å². The summed E-state index contributed by atoms with van der Waals surface area (Å²) in [7, 11) is 2.09. The van der Waals surface area contributed by atoms with Crippen LogP contribution < -0.4 is 5.32 Å². The lowest BCUT2D eigenvalue weighted by Crippen LogP contribution is -2.40. The minimum atomic E-state index is -0.235. The first kappa shape index (κ1) is 21.5. The number of carbonyl (C=O) groups is 1. The molecular formula is C27H27FN4O. The van der Waals surface area contributed by atoms with Gasteiger partial charge >= 0.3 is 0 Å². The third-order valence-electron chi connectivity index (χ3n) is 7.57. The van der Waals surface area contributed by atoms with Gasteiger partial charge in [0.05, 0.1) is 23.1 Å². The molecule has 2 fully saturated rings. The fraction of sp³-hybridized carbons (Fsp3) is 0.370. The lowest BCUT2D eigenvalue weighted by Gasteiger charge is -2.41. The fourth-order valence-electron chi connectivity index (χ4n) is 5.94. The second-order valence-corrected chi connectivity index (χ2v) is 9.63. The van der Waals surface area contributed by atoms with Gasteiger partial charge in [-0.2, -0.15) is 5.26 Å².